The maximum Gasteiger partial charge on any atom is 0.315 e. The van der Waals surface area contributed by atoms with Gasteiger partial charge in [-0.2, -0.15) is 0 Å². The van der Waals surface area contributed by atoms with E-state index in [0.29, 0.717) is 18.5 Å². The molecule has 1 aromatic heterocycles. The number of hydrogen-bond donors (Lipinski definition) is 2. The largest absolute Gasteiger partial charge is 0.408 e. The van der Waals surface area contributed by atoms with Crippen molar-refractivity contribution in [3.05, 3.63) is 5.89 Å². The summed E-state index contributed by atoms with van der Waals surface area (Å²) in [7, 11) is 0. The van der Waals surface area contributed by atoms with Crippen LogP contribution in [0.4, 0.5) is 6.01 Å². The molecular formula is C5H9N3O2. The molecule has 1 rings (SSSR count). The van der Waals surface area contributed by atoms with Crippen LogP contribution in [0.25, 0.3) is 0 Å². The number of nitrogens with zero attached hydrogens (tertiary/aromatic N) is 2. The highest BCUT2D eigenvalue weighted by Gasteiger charge is 1.97. The van der Waals surface area contributed by atoms with Gasteiger partial charge in [0.25, 0.3) is 0 Å². The average molecular weight is 143 g/mol. The number of aliphatic hydroxyl groups is 1. The molecule has 0 amide bonds. The van der Waals surface area contributed by atoms with Crippen molar-refractivity contribution >= 4 is 6.01 Å². The first kappa shape index (κ1) is 7.01. The van der Waals surface area contributed by atoms with Gasteiger partial charge in [-0.05, 0) is 0 Å². The molecule has 0 spiro atoms. The third-order valence-corrected chi connectivity index (χ3v) is 0.914. The zero-order chi connectivity index (χ0) is 7.40. The van der Waals surface area contributed by atoms with E-state index in [-0.39, 0.29) is 6.61 Å². The van der Waals surface area contributed by atoms with Gasteiger partial charge in [0.15, 0.2) is 0 Å². The molecule has 5 nitrogen and oxygen atoms in total. The van der Waals surface area contributed by atoms with Crippen LogP contribution in [0.15, 0.2) is 4.42 Å². The maximum atomic E-state index is 8.38. The molecule has 1 heterocycles. The van der Waals surface area contributed by atoms with Crippen LogP contribution >= 0.6 is 0 Å². The Bertz CT molecular complexity index is 199. The lowest BCUT2D eigenvalue weighted by atomic mass is 10.7. The molecular weight excluding hydrogens is 134 g/mol. The fourth-order valence-corrected chi connectivity index (χ4v) is 0.531. The Balaban J connectivity index is 2.42. The van der Waals surface area contributed by atoms with E-state index >= 15 is 0 Å². The van der Waals surface area contributed by atoms with Gasteiger partial charge in [0.2, 0.25) is 5.89 Å². The van der Waals surface area contributed by atoms with Gasteiger partial charge >= 0.3 is 6.01 Å². The lowest BCUT2D eigenvalue weighted by Crippen LogP contribution is -2.05. The number of aryl methyl sites for hydroxylation is 1. The summed E-state index contributed by atoms with van der Waals surface area (Å²) in [5.41, 5.74) is 0. The minimum Gasteiger partial charge on any atom is -0.408 e. The molecule has 0 saturated carbocycles. The van der Waals surface area contributed by atoms with E-state index in [9.17, 15) is 0 Å². The minimum absolute atomic E-state index is 0.0570. The van der Waals surface area contributed by atoms with Crippen LogP contribution in [0.1, 0.15) is 5.89 Å². The zero-order valence-corrected chi connectivity index (χ0v) is 5.66. The molecule has 0 saturated heterocycles. The Morgan fingerprint density at radius 3 is 2.90 bits per heavy atom. The van der Waals surface area contributed by atoms with Crippen LogP contribution in [0.3, 0.4) is 0 Å². The van der Waals surface area contributed by atoms with Crippen molar-refractivity contribution in [2.24, 2.45) is 0 Å². The smallest absolute Gasteiger partial charge is 0.315 e. The number of aromatic nitrogens is 2. The van der Waals surface area contributed by atoms with E-state index in [2.05, 4.69) is 15.5 Å². The Hall–Kier alpha value is -1.10. The molecule has 0 fully saturated rings. The Morgan fingerprint density at radius 1 is 1.60 bits per heavy atom. The molecule has 0 bridgehead atoms. The van der Waals surface area contributed by atoms with Crippen LogP contribution in [0.2, 0.25) is 0 Å². The topological polar surface area (TPSA) is 71.2 Å². The van der Waals surface area contributed by atoms with Gasteiger partial charge in [0, 0.05) is 13.5 Å². The van der Waals surface area contributed by atoms with Crippen molar-refractivity contribution in [2.75, 3.05) is 18.5 Å². The molecule has 1 aromatic rings. The van der Waals surface area contributed by atoms with Gasteiger partial charge in [-0.25, -0.2) is 0 Å². The second-order valence-corrected chi connectivity index (χ2v) is 1.78. The normalized spacial score (nSPS) is 9.80. The van der Waals surface area contributed by atoms with Gasteiger partial charge in [-0.1, -0.05) is 5.10 Å². The van der Waals surface area contributed by atoms with E-state index in [1.54, 1.807) is 6.92 Å². The molecule has 10 heavy (non-hydrogen) atoms. The summed E-state index contributed by atoms with van der Waals surface area (Å²) in [6, 6.07) is 0.353. The maximum absolute atomic E-state index is 8.38. The van der Waals surface area contributed by atoms with Gasteiger partial charge in [-0.3, -0.25) is 0 Å². The zero-order valence-electron chi connectivity index (χ0n) is 5.66. The lowest BCUT2D eigenvalue weighted by molar-refractivity contribution is 0.309. The minimum atomic E-state index is 0.0570. The van der Waals surface area contributed by atoms with Crippen LogP contribution in [-0.2, 0) is 0 Å². The van der Waals surface area contributed by atoms with E-state index in [1.807, 2.05) is 0 Å². The molecule has 0 unspecified atom stereocenters. The SMILES string of the molecule is Cc1nnc(NCCO)o1. The Labute approximate surface area is 58.1 Å². The van der Waals surface area contributed by atoms with Crippen molar-refractivity contribution < 1.29 is 9.52 Å². The molecule has 0 aliphatic carbocycles. The number of aliphatic hydroxyl groups excluding tert-OH is 1. The van der Waals surface area contributed by atoms with Crippen LogP contribution in [-0.4, -0.2) is 28.5 Å². The van der Waals surface area contributed by atoms with Crippen molar-refractivity contribution in [3.63, 3.8) is 0 Å². The van der Waals surface area contributed by atoms with Gasteiger partial charge < -0.3 is 14.8 Å². The molecule has 0 aliphatic heterocycles. The molecule has 5 heteroatoms. The summed E-state index contributed by atoms with van der Waals surface area (Å²) in [6.07, 6.45) is 0. The fraction of sp³-hybridized carbons (Fsp3) is 0.600. The predicted molar refractivity (Wildman–Crippen MR) is 34.6 cm³/mol. The van der Waals surface area contributed by atoms with Crippen LogP contribution in [0.5, 0.6) is 0 Å². The van der Waals surface area contributed by atoms with Crippen LogP contribution in [0, 0.1) is 6.92 Å². The summed E-state index contributed by atoms with van der Waals surface area (Å²) in [5.74, 6) is 0.514. The predicted octanol–water partition coefficient (Wildman–Crippen LogP) is -0.218. The molecule has 0 radical (unpaired) electrons. The second kappa shape index (κ2) is 3.17. The molecule has 0 aromatic carbocycles. The van der Waals surface area contributed by atoms with Crippen molar-refractivity contribution in [2.45, 2.75) is 6.92 Å². The molecule has 2 N–H and O–H groups in total. The lowest BCUT2D eigenvalue weighted by Gasteiger charge is -1.93. The average Bonchev–Trinajstić information content (AvgIpc) is 2.31. The highest BCUT2D eigenvalue weighted by atomic mass is 16.4. The second-order valence-electron chi connectivity index (χ2n) is 1.78. The molecule has 56 valence electrons. The monoisotopic (exact) mass is 143 g/mol. The third-order valence-electron chi connectivity index (χ3n) is 0.914. The summed E-state index contributed by atoms with van der Waals surface area (Å²) < 4.78 is 4.94. The molecule has 0 aliphatic rings. The first-order valence-electron chi connectivity index (χ1n) is 2.98. The Kier molecular flexibility index (Phi) is 2.22. The number of nitrogens with one attached hydrogen (secondary N) is 1. The third kappa shape index (κ3) is 1.70. The van der Waals surface area contributed by atoms with Crippen molar-refractivity contribution in [1.82, 2.24) is 10.2 Å². The van der Waals surface area contributed by atoms with E-state index < -0.39 is 0 Å². The highest BCUT2D eigenvalue weighted by molar-refractivity contribution is 5.15. The highest BCUT2D eigenvalue weighted by Crippen LogP contribution is 2.01. The van der Waals surface area contributed by atoms with Crippen molar-refractivity contribution in [3.8, 4) is 0 Å². The number of anilines is 1. The number of rotatable bonds is 3. The van der Waals surface area contributed by atoms with Crippen LogP contribution < -0.4 is 5.32 Å². The summed E-state index contributed by atoms with van der Waals surface area (Å²) in [5, 5.41) is 18.3. The van der Waals surface area contributed by atoms with Gasteiger partial charge in [-0.15, -0.1) is 5.10 Å². The van der Waals surface area contributed by atoms with Crippen molar-refractivity contribution in [1.29, 1.82) is 0 Å². The van der Waals surface area contributed by atoms with Gasteiger partial charge in [0.05, 0.1) is 6.61 Å². The number of hydrogen-bond acceptors (Lipinski definition) is 5. The summed E-state index contributed by atoms with van der Waals surface area (Å²) >= 11 is 0. The Morgan fingerprint density at radius 2 is 2.40 bits per heavy atom. The van der Waals surface area contributed by atoms with E-state index in [1.165, 1.54) is 0 Å². The quantitative estimate of drug-likeness (QED) is 0.612. The van der Waals surface area contributed by atoms with Gasteiger partial charge in [0.1, 0.15) is 0 Å². The first-order chi connectivity index (χ1) is 4.83. The first-order valence-corrected chi connectivity index (χ1v) is 2.98. The molecule has 0 atom stereocenters. The fourth-order valence-electron chi connectivity index (χ4n) is 0.531. The summed E-state index contributed by atoms with van der Waals surface area (Å²) in [6.45, 7) is 2.19. The van der Waals surface area contributed by atoms with E-state index in [0.717, 1.165) is 0 Å². The summed E-state index contributed by atoms with van der Waals surface area (Å²) in [4.78, 5) is 0. The standard InChI is InChI=1S/C5H9N3O2/c1-4-7-8-5(10-4)6-2-3-9/h9H,2-3H2,1H3,(H,6,8). The van der Waals surface area contributed by atoms with E-state index in [4.69, 9.17) is 9.52 Å².